The normalized spacial score (nSPS) is 14.5. The van der Waals surface area contributed by atoms with Crippen molar-refractivity contribution < 1.29 is 4.79 Å². The summed E-state index contributed by atoms with van der Waals surface area (Å²) in [4.78, 5) is 23.9. The molecule has 0 radical (unpaired) electrons. The zero-order valence-electron chi connectivity index (χ0n) is 19.6. The molecule has 1 aromatic heterocycles. The first-order chi connectivity index (χ1) is 15.1. The second-order valence-corrected chi connectivity index (χ2v) is 8.29. The lowest BCUT2D eigenvalue weighted by molar-refractivity contribution is 0.0836. The van der Waals surface area contributed by atoms with Crippen LogP contribution in [-0.2, 0) is 0 Å². The highest BCUT2D eigenvalue weighted by atomic mass is 35.5. The van der Waals surface area contributed by atoms with E-state index >= 15 is 0 Å². The summed E-state index contributed by atoms with van der Waals surface area (Å²) in [5.41, 5.74) is 22.2. The van der Waals surface area contributed by atoms with Gasteiger partial charge in [-0.05, 0) is 31.6 Å². The average Bonchev–Trinajstić information content (AvgIpc) is 2.74. The van der Waals surface area contributed by atoms with E-state index in [4.69, 9.17) is 45.4 Å². The van der Waals surface area contributed by atoms with Gasteiger partial charge < -0.3 is 28.3 Å². The molecule has 202 valence electrons. The van der Waals surface area contributed by atoms with Gasteiger partial charge in [-0.3, -0.25) is 25.4 Å². The molecule has 0 bridgehead atoms. The van der Waals surface area contributed by atoms with Crippen molar-refractivity contribution in [2.24, 2.45) is 17.4 Å². The van der Waals surface area contributed by atoms with Crippen LogP contribution in [0.25, 0.3) is 0 Å². The van der Waals surface area contributed by atoms with E-state index in [1.54, 1.807) is 0 Å². The number of anilines is 2. The number of nitrogens with zero attached hydrogens (tertiary/aromatic N) is 4. The van der Waals surface area contributed by atoms with Crippen molar-refractivity contribution in [2.75, 3.05) is 31.1 Å². The van der Waals surface area contributed by atoms with Crippen LogP contribution in [0.5, 0.6) is 0 Å². The number of aromatic nitrogens is 2. The van der Waals surface area contributed by atoms with Crippen molar-refractivity contribution in [1.82, 2.24) is 25.1 Å². The summed E-state index contributed by atoms with van der Waals surface area (Å²) in [5, 5.41) is 18.1. The Bertz CT molecular complexity index is 837. The highest BCUT2D eigenvalue weighted by Crippen LogP contribution is 2.24. The number of nitrogen functional groups attached to an aromatic ring is 2. The molecule has 1 aliphatic rings. The lowest BCUT2D eigenvalue weighted by Gasteiger charge is -2.37. The van der Waals surface area contributed by atoms with Crippen molar-refractivity contribution in [3.8, 4) is 0 Å². The number of nitrogens with one attached hydrogen (secondary N) is 3. The van der Waals surface area contributed by atoms with Gasteiger partial charge in [0.1, 0.15) is 0 Å². The van der Waals surface area contributed by atoms with Crippen LogP contribution in [0.1, 0.15) is 55.9 Å². The smallest absolute Gasteiger partial charge is 0.283 e. The molecule has 0 spiro atoms. The SMILES string of the molecule is CCC(NC(=N)N)N1CCC(CCCCN(C(=N)N)C(=O)c2nc(Cl)c(N)nc2N)CC1.Cl.Cl.Cl. The molecule has 2 rings (SSSR count). The number of guanidine groups is 2. The van der Waals surface area contributed by atoms with E-state index < -0.39 is 5.91 Å². The van der Waals surface area contributed by atoms with Crippen LogP contribution in [0.4, 0.5) is 11.6 Å². The van der Waals surface area contributed by atoms with E-state index in [-0.39, 0.29) is 84.3 Å². The van der Waals surface area contributed by atoms with Gasteiger partial charge in [-0.25, -0.2) is 9.97 Å². The lowest BCUT2D eigenvalue weighted by Crippen LogP contribution is -2.52. The third kappa shape index (κ3) is 10.3. The summed E-state index contributed by atoms with van der Waals surface area (Å²) in [5.74, 6) is -0.636. The molecule has 12 nitrogen and oxygen atoms in total. The predicted molar refractivity (Wildman–Crippen MR) is 148 cm³/mol. The van der Waals surface area contributed by atoms with Crippen molar-refractivity contribution >= 4 is 78.3 Å². The van der Waals surface area contributed by atoms with Gasteiger partial charge in [0.15, 0.2) is 34.4 Å². The third-order valence-electron chi connectivity index (χ3n) is 5.69. The number of carbonyl (C=O) groups excluding carboxylic acids is 1. The summed E-state index contributed by atoms with van der Waals surface area (Å²) in [7, 11) is 0. The minimum Gasteiger partial charge on any atom is -0.382 e. The van der Waals surface area contributed by atoms with E-state index in [1.165, 1.54) is 0 Å². The molecule has 1 fully saturated rings. The van der Waals surface area contributed by atoms with Gasteiger partial charge in [0, 0.05) is 19.6 Å². The molecule has 11 N–H and O–H groups in total. The fourth-order valence-electron chi connectivity index (χ4n) is 3.95. The number of nitrogens with two attached hydrogens (primary N) is 4. The third-order valence-corrected chi connectivity index (χ3v) is 5.96. The molecule has 0 aromatic carbocycles. The van der Waals surface area contributed by atoms with Crippen molar-refractivity contribution in [1.29, 1.82) is 10.8 Å². The van der Waals surface area contributed by atoms with Gasteiger partial charge in [-0.2, -0.15) is 0 Å². The Hall–Kier alpha value is -1.99. The van der Waals surface area contributed by atoms with Crippen molar-refractivity contribution in [3.05, 3.63) is 10.8 Å². The number of hydrogen-bond acceptors (Lipinski definition) is 8. The Kier molecular flexibility index (Phi) is 16.7. The number of unbranched alkanes of at least 4 members (excludes halogenated alkanes) is 1. The van der Waals surface area contributed by atoms with E-state index in [9.17, 15) is 4.79 Å². The molecular formula is C19H37Cl4N11O. The number of piperidine rings is 1. The van der Waals surface area contributed by atoms with Crippen LogP contribution in [0.15, 0.2) is 0 Å². The maximum absolute atomic E-state index is 12.8. The summed E-state index contributed by atoms with van der Waals surface area (Å²) < 4.78 is 0. The number of hydrogen-bond donors (Lipinski definition) is 7. The Balaban J connectivity index is 0. The first-order valence-electron chi connectivity index (χ1n) is 10.7. The standard InChI is InChI=1S/C19H34ClN11O.3ClH/c1-2-12(27-18(23)24)30-9-6-11(7-10-30)5-3-4-8-31(19(25)26)17(32)13-15(21)29-16(22)14(20)28-13;;;/h11-12H,2-10H2,1H3,(H3,25,26)(H4,21,22,29)(H4,23,24,27);3*1H. The Morgan fingerprint density at radius 2 is 1.74 bits per heavy atom. The lowest BCUT2D eigenvalue weighted by atomic mass is 9.91. The van der Waals surface area contributed by atoms with E-state index in [0.29, 0.717) is 12.3 Å². The zero-order valence-corrected chi connectivity index (χ0v) is 22.8. The number of likely N-dealkylation sites (tertiary alicyclic amines) is 1. The van der Waals surface area contributed by atoms with Crippen molar-refractivity contribution in [2.45, 2.75) is 51.6 Å². The molecule has 1 atom stereocenters. The molecule has 1 aliphatic heterocycles. The highest BCUT2D eigenvalue weighted by molar-refractivity contribution is 6.31. The molecule has 16 heteroatoms. The Labute approximate surface area is 229 Å². The molecule has 1 saturated heterocycles. The van der Waals surface area contributed by atoms with Gasteiger partial charge in [0.2, 0.25) is 0 Å². The predicted octanol–water partition coefficient (Wildman–Crippen LogP) is 2.00. The van der Waals surface area contributed by atoms with E-state index in [1.807, 2.05) is 0 Å². The first kappa shape index (κ1) is 35.2. The largest absolute Gasteiger partial charge is 0.382 e. The van der Waals surface area contributed by atoms with Crippen LogP contribution in [0.3, 0.4) is 0 Å². The van der Waals surface area contributed by atoms with Gasteiger partial charge in [0.25, 0.3) is 5.91 Å². The Morgan fingerprint density at radius 1 is 1.14 bits per heavy atom. The topological polar surface area (TPSA) is 213 Å². The van der Waals surface area contributed by atoms with Gasteiger partial charge in [0.05, 0.1) is 6.17 Å². The molecule has 1 amide bonds. The van der Waals surface area contributed by atoms with Crippen LogP contribution in [0.2, 0.25) is 5.15 Å². The van der Waals surface area contributed by atoms with Crippen LogP contribution >= 0.6 is 48.8 Å². The molecule has 1 aromatic rings. The van der Waals surface area contributed by atoms with E-state index in [2.05, 4.69) is 27.1 Å². The number of halogens is 4. The average molecular weight is 577 g/mol. The highest BCUT2D eigenvalue weighted by Gasteiger charge is 2.26. The minimum atomic E-state index is -0.624. The maximum Gasteiger partial charge on any atom is 0.283 e. The first-order valence-corrected chi connectivity index (χ1v) is 11.1. The molecule has 0 saturated carbocycles. The molecule has 0 aliphatic carbocycles. The van der Waals surface area contributed by atoms with Crippen molar-refractivity contribution in [3.63, 3.8) is 0 Å². The zero-order chi connectivity index (χ0) is 23.8. The minimum absolute atomic E-state index is 0. The van der Waals surface area contributed by atoms with Gasteiger partial charge in [-0.15, -0.1) is 37.2 Å². The summed E-state index contributed by atoms with van der Waals surface area (Å²) in [6.07, 6.45) is 5.73. The van der Waals surface area contributed by atoms with Gasteiger partial charge in [-0.1, -0.05) is 31.4 Å². The summed E-state index contributed by atoms with van der Waals surface area (Å²) in [6.45, 7) is 4.26. The second-order valence-electron chi connectivity index (χ2n) is 7.93. The number of rotatable bonds is 9. The summed E-state index contributed by atoms with van der Waals surface area (Å²) in [6, 6.07) is 0. The fourth-order valence-corrected chi connectivity index (χ4v) is 4.07. The van der Waals surface area contributed by atoms with Gasteiger partial charge >= 0.3 is 0 Å². The maximum atomic E-state index is 12.8. The van der Waals surface area contributed by atoms with Crippen LogP contribution < -0.4 is 28.3 Å². The van der Waals surface area contributed by atoms with Crippen LogP contribution in [-0.4, -0.2) is 63.4 Å². The van der Waals surface area contributed by atoms with Crippen LogP contribution in [0, 0.1) is 16.7 Å². The van der Waals surface area contributed by atoms with E-state index in [0.717, 1.165) is 50.1 Å². The molecule has 35 heavy (non-hydrogen) atoms. The summed E-state index contributed by atoms with van der Waals surface area (Å²) >= 11 is 5.86. The molecule has 2 heterocycles. The molecule has 1 unspecified atom stereocenters. The second kappa shape index (κ2) is 16.6. The monoisotopic (exact) mass is 575 g/mol. The number of carbonyl (C=O) groups is 1. The quantitative estimate of drug-likeness (QED) is 0.130. The molecular weight excluding hydrogens is 540 g/mol. The Morgan fingerprint density at radius 3 is 2.26 bits per heavy atom. The fraction of sp³-hybridized carbons (Fsp3) is 0.632. The number of amides is 1.